The molecule has 0 saturated heterocycles. The lowest BCUT2D eigenvalue weighted by molar-refractivity contribution is 0.102. The number of hydrogen-bond acceptors (Lipinski definition) is 1. The van der Waals surface area contributed by atoms with Crippen LogP contribution in [0.1, 0.15) is 15.9 Å². The Morgan fingerprint density at radius 2 is 1.53 bits per heavy atom. The van der Waals surface area contributed by atoms with Crippen LogP contribution in [0.15, 0.2) is 54.6 Å². The average molecular weight is 416 g/mol. The van der Waals surface area contributed by atoms with Crippen molar-refractivity contribution in [1.82, 2.24) is 4.40 Å². The number of halogens is 5. The van der Waals surface area contributed by atoms with Crippen LogP contribution in [0.25, 0.3) is 16.8 Å². The van der Waals surface area contributed by atoms with Crippen LogP contribution < -0.4 is 5.32 Å². The molecule has 0 aliphatic heterocycles. The molecule has 0 radical (unpaired) electrons. The van der Waals surface area contributed by atoms with Crippen molar-refractivity contribution in [2.45, 2.75) is 6.92 Å². The van der Waals surface area contributed by atoms with E-state index in [1.54, 1.807) is 0 Å². The molecule has 0 aliphatic carbocycles. The lowest BCUT2D eigenvalue weighted by Gasteiger charge is -2.09. The molecule has 4 aromatic rings. The smallest absolute Gasteiger partial charge is 0.258 e. The molecule has 2 heterocycles. The molecule has 152 valence electrons. The van der Waals surface area contributed by atoms with Gasteiger partial charge in [-0.1, -0.05) is 18.2 Å². The number of amides is 1. The Morgan fingerprint density at radius 1 is 0.833 bits per heavy atom. The van der Waals surface area contributed by atoms with Crippen LogP contribution in [0.4, 0.5) is 27.6 Å². The third-order valence-corrected chi connectivity index (χ3v) is 4.77. The van der Waals surface area contributed by atoms with Gasteiger partial charge in [0.2, 0.25) is 5.95 Å². The quantitative estimate of drug-likeness (QED) is 0.329. The summed E-state index contributed by atoms with van der Waals surface area (Å²) in [6.45, 7) is 1.44. The number of carbonyl (C=O) groups excluding carboxylic acids is 1. The highest BCUT2D eigenvalue weighted by atomic mass is 19.2. The second-order valence-corrected chi connectivity index (χ2v) is 6.61. The van der Waals surface area contributed by atoms with E-state index in [1.807, 2.05) is 0 Å². The fourth-order valence-electron chi connectivity index (χ4n) is 3.30. The summed E-state index contributed by atoms with van der Waals surface area (Å²) in [6.07, 6.45) is 0. The highest BCUT2D eigenvalue weighted by molar-refractivity contribution is 6.04. The monoisotopic (exact) mass is 416 g/mol. The van der Waals surface area contributed by atoms with Gasteiger partial charge in [0.1, 0.15) is 0 Å². The number of anilines is 1. The van der Waals surface area contributed by atoms with Crippen molar-refractivity contribution in [3.05, 3.63) is 94.9 Å². The predicted molar refractivity (Wildman–Crippen MR) is 102 cm³/mol. The fourth-order valence-corrected chi connectivity index (χ4v) is 3.30. The van der Waals surface area contributed by atoms with E-state index in [1.165, 1.54) is 37.3 Å². The lowest BCUT2D eigenvalue weighted by atomic mass is 10.1. The summed E-state index contributed by atoms with van der Waals surface area (Å²) in [4.78, 5) is 12.2. The van der Waals surface area contributed by atoms with Gasteiger partial charge in [-0.3, -0.25) is 9.20 Å². The van der Waals surface area contributed by atoms with Crippen LogP contribution >= 0.6 is 0 Å². The van der Waals surface area contributed by atoms with E-state index in [4.69, 9.17) is 0 Å². The van der Waals surface area contributed by atoms with Crippen molar-refractivity contribution in [1.29, 1.82) is 0 Å². The maximum atomic E-state index is 14.5. The lowest BCUT2D eigenvalue weighted by Crippen LogP contribution is -2.14. The summed E-state index contributed by atoms with van der Waals surface area (Å²) in [6, 6.07) is 11.0. The second-order valence-electron chi connectivity index (χ2n) is 6.61. The Balaban J connectivity index is 1.70. The molecule has 0 bridgehead atoms. The van der Waals surface area contributed by atoms with Crippen molar-refractivity contribution in [3.8, 4) is 11.3 Å². The first-order valence-electron chi connectivity index (χ1n) is 8.80. The molecule has 30 heavy (non-hydrogen) atoms. The molecule has 8 heteroatoms. The number of aromatic nitrogens is 1. The summed E-state index contributed by atoms with van der Waals surface area (Å²) >= 11 is 0. The zero-order valence-corrected chi connectivity index (χ0v) is 15.4. The first-order valence-corrected chi connectivity index (χ1v) is 8.80. The Labute approximate surface area is 167 Å². The van der Waals surface area contributed by atoms with E-state index in [-0.39, 0.29) is 22.5 Å². The molecule has 1 amide bonds. The molecule has 0 spiro atoms. The van der Waals surface area contributed by atoms with Crippen molar-refractivity contribution < 1.29 is 26.7 Å². The summed E-state index contributed by atoms with van der Waals surface area (Å²) < 4.78 is 70.4. The summed E-state index contributed by atoms with van der Waals surface area (Å²) in [5, 5.41) is 2.42. The molecule has 0 unspecified atom stereocenters. The molecule has 2 aromatic heterocycles. The highest BCUT2D eigenvalue weighted by Crippen LogP contribution is 2.32. The van der Waals surface area contributed by atoms with Gasteiger partial charge < -0.3 is 5.32 Å². The third kappa shape index (κ3) is 3.10. The number of hydrogen-bond donors (Lipinski definition) is 1. The number of nitrogens with zero attached hydrogens (tertiary/aromatic N) is 1. The largest absolute Gasteiger partial charge is 0.322 e. The maximum Gasteiger partial charge on any atom is 0.258 e. The first-order chi connectivity index (χ1) is 14.3. The van der Waals surface area contributed by atoms with Crippen LogP contribution in [0, 0.1) is 36.1 Å². The topological polar surface area (TPSA) is 33.5 Å². The minimum absolute atomic E-state index is 0.111. The standard InChI is InChI=1S/C22H13F5N2O/c1-11-18(25)17-10-9-16(24)21(27)29(17)20(11)12-5-7-13(8-6-12)28-22(30)14-3-2-4-15(23)19(14)26/h2-10H,1H3,(H,28,30). The molecular formula is C22H13F5N2O. The van der Waals surface area contributed by atoms with E-state index >= 15 is 0 Å². The summed E-state index contributed by atoms with van der Waals surface area (Å²) in [5.74, 6) is -6.31. The SMILES string of the molecule is Cc1c(F)c2ccc(F)c(F)n2c1-c1ccc(NC(=O)c2cccc(F)c2F)cc1. The normalized spacial score (nSPS) is 11.1. The molecule has 0 saturated carbocycles. The average Bonchev–Trinajstić information content (AvgIpc) is 2.98. The molecule has 0 fully saturated rings. The van der Waals surface area contributed by atoms with Gasteiger partial charge in [0.05, 0.1) is 16.8 Å². The van der Waals surface area contributed by atoms with E-state index in [0.717, 1.165) is 28.7 Å². The Morgan fingerprint density at radius 3 is 2.23 bits per heavy atom. The van der Waals surface area contributed by atoms with Crippen LogP contribution in [0.3, 0.4) is 0 Å². The van der Waals surface area contributed by atoms with Gasteiger partial charge in [-0.25, -0.2) is 17.6 Å². The number of nitrogens with one attached hydrogen (secondary N) is 1. The van der Waals surface area contributed by atoms with Crippen molar-refractivity contribution in [2.75, 3.05) is 5.32 Å². The number of fused-ring (bicyclic) bond motifs is 1. The van der Waals surface area contributed by atoms with Gasteiger partial charge in [0.15, 0.2) is 23.3 Å². The van der Waals surface area contributed by atoms with Gasteiger partial charge >= 0.3 is 0 Å². The van der Waals surface area contributed by atoms with Gasteiger partial charge in [0, 0.05) is 11.3 Å². The van der Waals surface area contributed by atoms with Gasteiger partial charge in [-0.05, 0) is 48.9 Å². The third-order valence-electron chi connectivity index (χ3n) is 4.77. The molecule has 4 rings (SSSR count). The van der Waals surface area contributed by atoms with Gasteiger partial charge in [-0.15, -0.1) is 0 Å². The number of pyridine rings is 1. The summed E-state index contributed by atoms with van der Waals surface area (Å²) in [5.41, 5.74) is 0.281. The molecule has 0 aliphatic rings. The molecule has 2 aromatic carbocycles. The maximum absolute atomic E-state index is 14.5. The van der Waals surface area contributed by atoms with Crippen LogP contribution in [-0.4, -0.2) is 10.3 Å². The van der Waals surface area contributed by atoms with Crippen molar-refractivity contribution >= 4 is 17.1 Å². The van der Waals surface area contributed by atoms with E-state index in [0.29, 0.717) is 5.56 Å². The molecule has 0 atom stereocenters. The number of rotatable bonds is 3. The molecule has 3 nitrogen and oxygen atoms in total. The van der Waals surface area contributed by atoms with E-state index < -0.39 is 40.7 Å². The Kier molecular flexibility index (Phi) is 4.77. The molecule has 1 N–H and O–H groups in total. The minimum atomic E-state index is -1.27. The first kappa shape index (κ1) is 19.6. The second kappa shape index (κ2) is 7.29. The summed E-state index contributed by atoms with van der Waals surface area (Å²) in [7, 11) is 0. The van der Waals surface area contributed by atoms with Gasteiger partial charge in [0.25, 0.3) is 5.91 Å². The van der Waals surface area contributed by atoms with Crippen LogP contribution in [0.5, 0.6) is 0 Å². The fraction of sp³-hybridized carbons (Fsp3) is 0.0455. The van der Waals surface area contributed by atoms with Gasteiger partial charge in [-0.2, -0.15) is 4.39 Å². The van der Waals surface area contributed by atoms with Crippen molar-refractivity contribution in [2.24, 2.45) is 0 Å². The van der Waals surface area contributed by atoms with E-state index in [9.17, 15) is 26.7 Å². The zero-order valence-electron chi connectivity index (χ0n) is 15.4. The van der Waals surface area contributed by atoms with E-state index in [2.05, 4.69) is 5.32 Å². The highest BCUT2D eigenvalue weighted by Gasteiger charge is 2.21. The minimum Gasteiger partial charge on any atom is -0.322 e. The predicted octanol–water partition coefficient (Wildman–Crippen LogP) is 5.86. The van der Waals surface area contributed by atoms with Crippen LogP contribution in [-0.2, 0) is 0 Å². The number of benzene rings is 2. The van der Waals surface area contributed by atoms with Crippen LogP contribution in [0.2, 0.25) is 0 Å². The Hall–Kier alpha value is -3.68. The zero-order chi connectivity index (χ0) is 21.6. The van der Waals surface area contributed by atoms with Crippen molar-refractivity contribution in [3.63, 3.8) is 0 Å². The Bertz CT molecular complexity index is 1300. The molecular weight excluding hydrogens is 403 g/mol. The number of carbonyl (C=O) groups is 1.